The summed E-state index contributed by atoms with van der Waals surface area (Å²) < 4.78 is 1.11. The first kappa shape index (κ1) is 12.1. The third-order valence-electron chi connectivity index (χ3n) is 2.97. The van der Waals surface area contributed by atoms with Crippen molar-refractivity contribution < 1.29 is 0 Å². The van der Waals surface area contributed by atoms with Crippen LogP contribution in [0.3, 0.4) is 0 Å². The summed E-state index contributed by atoms with van der Waals surface area (Å²) in [5.41, 5.74) is 3.12. The summed E-state index contributed by atoms with van der Waals surface area (Å²) in [6.45, 7) is 0.747. The molecule has 0 unspecified atom stereocenters. The maximum atomic E-state index is 4.12. The van der Waals surface area contributed by atoms with Crippen molar-refractivity contribution >= 4 is 32.5 Å². The molecule has 0 aliphatic heterocycles. The molecular weight excluding hydrogens is 302 g/mol. The number of fused-ring (bicyclic) bond motifs is 1. The van der Waals surface area contributed by atoms with Crippen LogP contribution in [0.25, 0.3) is 10.9 Å². The lowest BCUT2D eigenvalue weighted by atomic mass is 10.2. The summed E-state index contributed by atoms with van der Waals surface area (Å²) in [5, 5.41) is 12.6. The van der Waals surface area contributed by atoms with Gasteiger partial charge >= 0.3 is 0 Å². The third kappa shape index (κ3) is 2.58. The predicted octanol–water partition coefficient (Wildman–Crippen LogP) is 4.00. The molecule has 94 valence electrons. The number of benzene rings is 2. The van der Waals surface area contributed by atoms with Crippen molar-refractivity contribution in [1.82, 2.24) is 10.2 Å². The van der Waals surface area contributed by atoms with Crippen LogP contribution in [0.5, 0.6) is 0 Å². The molecule has 0 bridgehead atoms. The van der Waals surface area contributed by atoms with Crippen molar-refractivity contribution in [3.63, 3.8) is 0 Å². The first-order chi connectivity index (χ1) is 9.34. The smallest absolute Gasteiger partial charge is 0.0950 e. The fraction of sp³-hybridized carbons (Fsp3) is 0.0667. The molecule has 19 heavy (non-hydrogen) atoms. The van der Waals surface area contributed by atoms with E-state index in [-0.39, 0.29) is 0 Å². The minimum absolute atomic E-state index is 0.747. The summed E-state index contributed by atoms with van der Waals surface area (Å²) in [6.07, 6.45) is 1.76. The Labute approximate surface area is 119 Å². The van der Waals surface area contributed by atoms with Crippen molar-refractivity contribution in [2.45, 2.75) is 6.54 Å². The van der Waals surface area contributed by atoms with E-state index >= 15 is 0 Å². The van der Waals surface area contributed by atoms with Gasteiger partial charge in [0.15, 0.2) is 0 Å². The summed E-state index contributed by atoms with van der Waals surface area (Å²) in [7, 11) is 0. The third-order valence-corrected chi connectivity index (χ3v) is 3.75. The number of hydrogen-bond donors (Lipinski definition) is 1. The average Bonchev–Trinajstić information content (AvgIpc) is 2.46. The second kappa shape index (κ2) is 5.36. The summed E-state index contributed by atoms with van der Waals surface area (Å²) >= 11 is 3.55. The van der Waals surface area contributed by atoms with E-state index in [1.165, 1.54) is 5.56 Å². The van der Waals surface area contributed by atoms with Crippen molar-refractivity contribution in [3.05, 3.63) is 64.8 Å². The van der Waals surface area contributed by atoms with Crippen LogP contribution in [-0.2, 0) is 6.54 Å². The van der Waals surface area contributed by atoms with Crippen molar-refractivity contribution in [2.75, 3.05) is 5.32 Å². The van der Waals surface area contributed by atoms with Gasteiger partial charge in [0.2, 0.25) is 0 Å². The van der Waals surface area contributed by atoms with Gasteiger partial charge in [-0.05, 0) is 17.7 Å². The normalized spacial score (nSPS) is 10.6. The minimum Gasteiger partial charge on any atom is -0.379 e. The predicted molar refractivity (Wildman–Crippen MR) is 81.0 cm³/mol. The maximum absolute atomic E-state index is 4.12. The fourth-order valence-corrected chi connectivity index (χ4v) is 2.40. The number of anilines is 1. The molecule has 4 heteroatoms. The van der Waals surface area contributed by atoms with Gasteiger partial charge in [0, 0.05) is 16.4 Å². The molecule has 0 aliphatic carbocycles. The van der Waals surface area contributed by atoms with E-state index in [9.17, 15) is 0 Å². The zero-order chi connectivity index (χ0) is 13.1. The van der Waals surface area contributed by atoms with Gasteiger partial charge in [0.1, 0.15) is 0 Å². The molecule has 0 aliphatic rings. The number of rotatable bonds is 3. The van der Waals surface area contributed by atoms with Gasteiger partial charge in [-0.1, -0.05) is 52.3 Å². The summed E-state index contributed by atoms with van der Waals surface area (Å²) in [6, 6.07) is 16.2. The second-order valence-corrected chi connectivity index (χ2v) is 5.07. The second-order valence-electron chi connectivity index (χ2n) is 4.22. The molecule has 1 aromatic heterocycles. The first-order valence-corrected chi connectivity index (χ1v) is 6.81. The molecular formula is C15H12BrN3. The van der Waals surface area contributed by atoms with E-state index in [1.807, 2.05) is 42.5 Å². The van der Waals surface area contributed by atoms with Gasteiger partial charge in [-0.15, -0.1) is 0 Å². The SMILES string of the molecule is Brc1ccccc1CNc1cnnc2ccccc12. The zero-order valence-corrected chi connectivity index (χ0v) is 11.8. The summed E-state index contributed by atoms with van der Waals surface area (Å²) in [4.78, 5) is 0. The monoisotopic (exact) mass is 313 g/mol. The molecule has 0 saturated carbocycles. The molecule has 0 fully saturated rings. The lowest BCUT2D eigenvalue weighted by Crippen LogP contribution is -2.01. The highest BCUT2D eigenvalue weighted by molar-refractivity contribution is 9.10. The molecule has 0 amide bonds. The minimum atomic E-state index is 0.747. The van der Waals surface area contributed by atoms with Crippen LogP contribution in [0.2, 0.25) is 0 Å². The Balaban J connectivity index is 1.88. The maximum Gasteiger partial charge on any atom is 0.0950 e. The Morgan fingerprint density at radius 1 is 1.00 bits per heavy atom. The number of hydrogen-bond acceptors (Lipinski definition) is 3. The van der Waals surface area contributed by atoms with Crippen LogP contribution in [0.4, 0.5) is 5.69 Å². The molecule has 3 rings (SSSR count). The molecule has 0 spiro atoms. The van der Waals surface area contributed by atoms with Crippen molar-refractivity contribution in [3.8, 4) is 0 Å². The van der Waals surface area contributed by atoms with E-state index in [2.05, 4.69) is 37.5 Å². The topological polar surface area (TPSA) is 37.8 Å². The van der Waals surface area contributed by atoms with Gasteiger partial charge in [-0.25, -0.2) is 0 Å². The van der Waals surface area contributed by atoms with Crippen LogP contribution in [0.15, 0.2) is 59.2 Å². The van der Waals surface area contributed by atoms with Gasteiger partial charge < -0.3 is 5.32 Å². The fourth-order valence-electron chi connectivity index (χ4n) is 1.98. The van der Waals surface area contributed by atoms with Crippen LogP contribution < -0.4 is 5.32 Å². The average molecular weight is 314 g/mol. The van der Waals surface area contributed by atoms with E-state index in [1.54, 1.807) is 6.20 Å². The molecule has 1 heterocycles. The molecule has 0 radical (unpaired) electrons. The molecule has 3 aromatic rings. The summed E-state index contributed by atoms with van der Waals surface area (Å²) in [5.74, 6) is 0. The molecule has 0 atom stereocenters. The number of aromatic nitrogens is 2. The van der Waals surface area contributed by atoms with Gasteiger partial charge in [0.05, 0.1) is 17.4 Å². The van der Waals surface area contributed by atoms with E-state index in [0.29, 0.717) is 0 Å². The first-order valence-electron chi connectivity index (χ1n) is 6.02. The Morgan fingerprint density at radius 3 is 2.68 bits per heavy atom. The Morgan fingerprint density at radius 2 is 1.79 bits per heavy atom. The highest BCUT2D eigenvalue weighted by atomic mass is 79.9. The van der Waals surface area contributed by atoms with Gasteiger partial charge in [-0.3, -0.25) is 0 Å². The largest absolute Gasteiger partial charge is 0.379 e. The standard InChI is InChI=1S/C15H12BrN3/c16-13-7-3-1-5-11(13)9-17-15-10-18-19-14-8-4-2-6-12(14)15/h1-8,10H,9H2,(H,17,19). The van der Waals surface area contributed by atoms with Crippen LogP contribution in [0.1, 0.15) is 5.56 Å². The zero-order valence-electron chi connectivity index (χ0n) is 10.2. The Hall–Kier alpha value is -1.94. The highest BCUT2D eigenvalue weighted by Crippen LogP contribution is 2.22. The highest BCUT2D eigenvalue weighted by Gasteiger charge is 2.03. The van der Waals surface area contributed by atoms with Crippen molar-refractivity contribution in [1.29, 1.82) is 0 Å². The Bertz CT molecular complexity index is 707. The van der Waals surface area contributed by atoms with Crippen molar-refractivity contribution in [2.24, 2.45) is 0 Å². The molecule has 2 aromatic carbocycles. The lowest BCUT2D eigenvalue weighted by Gasteiger charge is -2.09. The lowest BCUT2D eigenvalue weighted by molar-refractivity contribution is 1.06. The van der Waals surface area contributed by atoms with Gasteiger partial charge in [0.25, 0.3) is 0 Å². The molecule has 0 saturated heterocycles. The Kier molecular flexibility index (Phi) is 3.42. The van der Waals surface area contributed by atoms with E-state index in [4.69, 9.17) is 0 Å². The van der Waals surface area contributed by atoms with E-state index < -0.39 is 0 Å². The van der Waals surface area contributed by atoms with Crippen LogP contribution in [-0.4, -0.2) is 10.2 Å². The van der Waals surface area contributed by atoms with Crippen LogP contribution in [0, 0.1) is 0 Å². The molecule has 3 nitrogen and oxygen atoms in total. The number of halogens is 1. The van der Waals surface area contributed by atoms with Gasteiger partial charge in [-0.2, -0.15) is 10.2 Å². The number of nitrogens with zero attached hydrogens (tertiary/aromatic N) is 2. The van der Waals surface area contributed by atoms with Crippen LogP contribution >= 0.6 is 15.9 Å². The van der Waals surface area contributed by atoms with E-state index in [0.717, 1.165) is 27.6 Å². The number of nitrogens with one attached hydrogen (secondary N) is 1. The molecule has 1 N–H and O–H groups in total. The quantitative estimate of drug-likeness (QED) is 0.794.